The third kappa shape index (κ3) is 8.74. The molecule has 10 nitrogen and oxygen atoms in total. The Kier molecular flexibility index (Phi) is 8.63. The van der Waals surface area contributed by atoms with Crippen LogP contribution in [0.1, 0.15) is 34.6 Å². The molecule has 2 aromatic heterocycles. The molecule has 0 aliphatic heterocycles. The van der Waals surface area contributed by atoms with Crippen LogP contribution in [0.3, 0.4) is 0 Å². The van der Waals surface area contributed by atoms with E-state index in [2.05, 4.69) is 24.7 Å². The molecule has 34 heavy (non-hydrogen) atoms. The van der Waals surface area contributed by atoms with Gasteiger partial charge in [-0.1, -0.05) is 12.1 Å². The Hall–Kier alpha value is -3.60. The number of amides is 1. The first kappa shape index (κ1) is 26.7. The van der Waals surface area contributed by atoms with Gasteiger partial charge in [-0.05, 0) is 58.4 Å². The number of aromatic nitrogens is 2. The predicted molar refractivity (Wildman–Crippen MR) is 132 cm³/mol. The average Bonchev–Trinajstić information content (AvgIpc) is 3.09. The molecule has 11 heteroatoms. The molecular weight excluding hydrogens is 460 g/mol. The molecule has 0 radical (unpaired) electrons. The molecule has 184 valence electrons. The van der Waals surface area contributed by atoms with Gasteiger partial charge >= 0.3 is 6.09 Å². The lowest BCUT2D eigenvalue weighted by molar-refractivity contribution is -0.138. The number of hydrogen-bond acceptors (Lipinski definition) is 7. The highest BCUT2D eigenvalue weighted by molar-refractivity contribution is 7.92. The minimum atomic E-state index is -3.37. The summed E-state index contributed by atoms with van der Waals surface area (Å²) in [4.78, 5) is 28.8. The molecule has 0 bridgehead atoms. The highest BCUT2D eigenvalue weighted by Gasteiger charge is 2.12. The van der Waals surface area contributed by atoms with Crippen LogP contribution in [0.2, 0.25) is 0 Å². The van der Waals surface area contributed by atoms with E-state index in [1.807, 2.05) is 26.8 Å². The van der Waals surface area contributed by atoms with Crippen molar-refractivity contribution >= 4 is 45.0 Å². The minimum absolute atomic E-state index is 0.227. The van der Waals surface area contributed by atoms with Crippen molar-refractivity contribution < 1.29 is 27.5 Å². The lowest BCUT2D eigenvalue weighted by Gasteiger charge is -2.14. The van der Waals surface area contributed by atoms with E-state index in [4.69, 9.17) is 4.74 Å². The third-order valence-electron chi connectivity index (χ3n) is 4.00. The SMILES string of the molecule is CC(C)(C)OC=O.CC(C)OC(=O)Nc1cnc2[nH]cc(-c3cccc(NS(C)(=O)=O)c3)c2c1. The summed E-state index contributed by atoms with van der Waals surface area (Å²) in [5.41, 5.74) is 2.93. The lowest BCUT2D eigenvalue weighted by Crippen LogP contribution is -2.18. The molecule has 0 aliphatic carbocycles. The number of benzene rings is 1. The van der Waals surface area contributed by atoms with Crippen LogP contribution in [0.25, 0.3) is 22.2 Å². The Morgan fingerprint density at radius 1 is 1.18 bits per heavy atom. The first-order valence-electron chi connectivity index (χ1n) is 10.4. The monoisotopic (exact) mass is 490 g/mol. The molecule has 0 unspecified atom stereocenters. The van der Waals surface area contributed by atoms with E-state index in [9.17, 15) is 18.0 Å². The zero-order valence-corrected chi connectivity index (χ0v) is 20.8. The molecule has 3 aromatic rings. The van der Waals surface area contributed by atoms with Crippen LogP contribution in [-0.4, -0.2) is 48.9 Å². The van der Waals surface area contributed by atoms with E-state index in [-0.39, 0.29) is 11.7 Å². The van der Waals surface area contributed by atoms with Crippen LogP contribution in [0.5, 0.6) is 0 Å². The molecule has 0 saturated carbocycles. The van der Waals surface area contributed by atoms with Gasteiger partial charge in [-0.2, -0.15) is 0 Å². The Labute approximate surface area is 199 Å². The van der Waals surface area contributed by atoms with Gasteiger partial charge in [-0.25, -0.2) is 18.2 Å². The fraction of sp³-hybridized carbons (Fsp3) is 0.348. The van der Waals surface area contributed by atoms with E-state index in [1.165, 1.54) is 6.20 Å². The number of carbonyl (C=O) groups is 2. The van der Waals surface area contributed by atoms with Gasteiger partial charge in [0.1, 0.15) is 11.2 Å². The van der Waals surface area contributed by atoms with Crippen LogP contribution < -0.4 is 10.0 Å². The summed E-state index contributed by atoms with van der Waals surface area (Å²) < 4.78 is 35.0. The number of fused-ring (bicyclic) bond motifs is 1. The molecule has 2 heterocycles. The van der Waals surface area contributed by atoms with Crippen molar-refractivity contribution in [3.05, 3.63) is 42.7 Å². The largest absolute Gasteiger partial charge is 0.462 e. The highest BCUT2D eigenvalue weighted by atomic mass is 32.2. The van der Waals surface area contributed by atoms with Crippen molar-refractivity contribution in [1.29, 1.82) is 0 Å². The van der Waals surface area contributed by atoms with Gasteiger partial charge in [0, 0.05) is 22.8 Å². The van der Waals surface area contributed by atoms with Crippen molar-refractivity contribution in [2.75, 3.05) is 16.3 Å². The molecular formula is C23H30N4O6S. The Balaban J connectivity index is 0.000000509. The van der Waals surface area contributed by atoms with Gasteiger partial charge in [0.2, 0.25) is 10.0 Å². The predicted octanol–water partition coefficient (Wildman–Crippen LogP) is 4.52. The molecule has 3 rings (SSSR count). The summed E-state index contributed by atoms with van der Waals surface area (Å²) in [6.07, 6.45) is 3.64. The summed E-state index contributed by atoms with van der Waals surface area (Å²) in [6, 6.07) is 8.82. The van der Waals surface area contributed by atoms with Crippen molar-refractivity contribution in [1.82, 2.24) is 9.97 Å². The molecule has 0 fully saturated rings. The number of sulfonamides is 1. The van der Waals surface area contributed by atoms with E-state index in [0.717, 1.165) is 22.8 Å². The maximum atomic E-state index is 11.8. The van der Waals surface area contributed by atoms with Crippen LogP contribution in [0, 0.1) is 0 Å². The van der Waals surface area contributed by atoms with Crippen LogP contribution in [0.4, 0.5) is 16.2 Å². The standard InChI is InChI=1S/C18H20N4O4S.C5H10O2/c1-11(2)26-18(23)21-14-8-15-16(10-20-17(15)19-9-14)12-5-4-6-13(7-12)22-27(3,24)25;1-5(2,3)7-4-6/h4-11,22H,1-3H3,(H,19,20)(H,21,23);4H,1-3H3. The number of nitrogens with one attached hydrogen (secondary N) is 3. The molecule has 0 aliphatic rings. The minimum Gasteiger partial charge on any atom is -0.462 e. The van der Waals surface area contributed by atoms with Crippen LogP contribution in [-0.2, 0) is 24.3 Å². The summed E-state index contributed by atoms with van der Waals surface area (Å²) >= 11 is 0. The topological polar surface area (TPSA) is 139 Å². The second-order valence-electron chi connectivity index (χ2n) is 8.68. The number of hydrogen-bond donors (Lipinski definition) is 3. The van der Waals surface area contributed by atoms with Gasteiger partial charge in [0.15, 0.2) is 0 Å². The van der Waals surface area contributed by atoms with Crippen molar-refractivity contribution in [3.63, 3.8) is 0 Å². The number of nitrogens with zero attached hydrogens (tertiary/aromatic N) is 1. The third-order valence-corrected chi connectivity index (χ3v) is 4.61. The quantitative estimate of drug-likeness (QED) is 0.432. The molecule has 1 amide bonds. The number of rotatable bonds is 6. The first-order valence-corrected chi connectivity index (χ1v) is 12.3. The number of carbonyl (C=O) groups excluding carboxylic acids is 2. The van der Waals surface area contributed by atoms with E-state index in [0.29, 0.717) is 23.5 Å². The first-order chi connectivity index (χ1) is 15.8. The number of pyridine rings is 1. The second kappa shape index (κ2) is 11.0. The summed E-state index contributed by atoms with van der Waals surface area (Å²) in [5, 5.41) is 3.43. The van der Waals surface area contributed by atoms with Gasteiger partial charge in [-0.3, -0.25) is 14.8 Å². The summed E-state index contributed by atoms with van der Waals surface area (Å²) in [5.74, 6) is 0. The zero-order valence-electron chi connectivity index (χ0n) is 20.0. The van der Waals surface area contributed by atoms with Gasteiger partial charge in [0.25, 0.3) is 6.47 Å². The number of aromatic amines is 1. The Morgan fingerprint density at radius 2 is 1.88 bits per heavy atom. The van der Waals surface area contributed by atoms with Gasteiger partial charge in [-0.15, -0.1) is 0 Å². The Bertz CT molecular complexity index is 1250. The van der Waals surface area contributed by atoms with Gasteiger partial charge in [0.05, 0.1) is 24.2 Å². The fourth-order valence-corrected chi connectivity index (χ4v) is 3.34. The maximum absolute atomic E-state index is 11.8. The normalized spacial score (nSPS) is 11.4. The van der Waals surface area contributed by atoms with Crippen molar-refractivity contribution in [2.45, 2.75) is 46.3 Å². The van der Waals surface area contributed by atoms with Crippen LogP contribution >= 0.6 is 0 Å². The molecule has 3 N–H and O–H groups in total. The molecule has 1 aromatic carbocycles. The van der Waals surface area contributed by atoms with E-state index < -0.39 is 16.1 Å². The molecule has 0 spiro atoms. The number of H-pyrrole nitrogens is 1. The molecule has 0 atom stereocenters. The zero-order chi connectivity index (χ0) is 25.5. The number of ether oxygens (including phenoxy) is 2. The summed E-state index contributed by atoms with van der Waals surface area (Å²) in [7, 11) is -3.37. The second-order valence-corrected chi connectivity index (χ2v) is 10.4. The Morgan fingerprint density at radius 3 is 2.44 bits per heavy atom. The van der Waals surface area contributed by atoms with Crippen LogP contribution in [0.15, 0.2) is 42.7 Å². The molecule has 0 saturated heterocycles. The van der Waals surface area contributed by atoms with E-state index >= 15 is 0 Å². The van der Waals surface area contributed by atoms with E-state index in [1.54, 1.807) is 44.3 Å². The smallest absolute Gasteiger partial charge is 0.411 e. The number of anilines is 2. The van der Waals surface area contributed by atoms with Crippen molar-refractivity contribution in [3.8, 4) is 11.1 Å². The average molecular weight is 491 g/mol. The van der Waals surface area contributed by atoms with Gasteiger partial charge < -0.3 is 14.5 Å². The highest BCUT2D eigenvalue weighted by Crippen LogP contribution is 2.31. The summed E-state index contributed by atoms with van der Waals surface area (Å²) in [6.45, 7) is 9.45. The maximum Gasteiger partial charge on any atom is 0.411 e. The lowest BCUT2D eigenvalue weighted by atomic mass is 10.1. The van der Waals surface area contributed by atoms with Crippen molar-refractivity contribution in [2.24, 2.45) is 0 Å². The fourth-order valence-electron chi connectivity index (χ4n) is 2.78.